The molecule has 0 saturated heterocycles. The molecule has 0 unspecified atom stereocenters. The number of hydrogen-bond donors (Lipinski definition) is 0. The van der Waals surface area contributed by atoms with Gasteiger partial charge in [-0.05, 0) is 0 Å². The topological polar surface area (TPSA) is 176 Å². The molecule has 0 N–H and O–H groups in total. The van der Waals surface area contributed by atoms with E-state index in [1.54, 1.807) is 56.9 Å². The van der Waals surface area contributed by atoms with Crippen LogP contribution < -0.4 is 103 Å². The predicted octanol–water partition coefficient (Wildman–Crippen LogP) is -16.9. The normalized spacial score (nSPS) is 19.4. The Labute approximate surface area is 432 Å². The molecule has 0 saturated carbocycles. The van der Waals surface area contributed by atoms with E-state index in [1.807, 2.05) is 84.6 Å². The van der Waals surface area contributed by atoms with Crippen molar-refractivity contribution in [2.24, 2.45) is 0 Å². The molecule has 0 spiro atoms. The zero-order valence-corrected chi connectivity index (χ0v) is 45.8. The molecule has 58 heavy (non-hydrogen) atoms. The maximum Gasteiger partial charge on any atom is 3.00 e. The molecule has 0 aliphatic carbocycles. The summed E-state index contributed by atoms with van der Waals surface area (Å²) < 4.78 is 10.4. The number of rotatable bonds is 0. The molecule has 6 aliphatic heterocycles. The SMILES string of the molecule is CN1CCC[N+](C)=C1[O-].CN1CCC[N+](C)=C1[O-].CN1CCC[N+](C)=C1[O-].CN1CCC[N+](C)=C1[O-].CN1CCC[N+](C)=C1[O-].CN1CCC[N+](C)=C1[O-].[Gd+3].[I-].[I-].[I-]. The van der Waals surface area contributed by atoms with Crippen LogP contribution in [0.5, 0.6) is 0 Å². The summed E-state index contributed by atoms with van der Waals surface area (Å²) in [6.07, 6.45) is 6.58. The van der Waals surface area contributed by atoms with Crippen molar-refractivity contribution in [3.05, 3.63) is 0 Å². The van der Waals surface area contributed by atoms with Crippen LogP contribution in [0.4, 0.5) is 0 Å². The molecule has 0 aromatic heterocycles. The molecule has 6 rings (SSSR count). The van der Waals surface area contributed by atoms with Gasteiger partial charge in [0.05, 0.1) is 163 Å². The third-order valence-corrected chi connectivity index (χ3v) is 9.84. The molecule has 0 amide bonds. The summed E-state index contributed by atoms with van der Waals surface area (Å²) >= 11 is 0. The molecular formula is C36H72GdI3N12O6. The van der Waals surface area contributed by atoms with E-state index >= 15 is 0 Å². The summed E-state index contributed by atoms with van der Waals surface area (Å²) in [5.41, 5.74) is 0. The summed E-state index contributed by atoms with van der Waals surface area (Å²) in [7, 11) is 22.0. The van der Waals surface area contributed by atoms with Gasteiger partial charge in [-0.3, -0.25) is 56.9 Å². The standard InChI is InChI=1S/6C6H12N2O.Gd.3HI/c6*1-7-4-3-5-8(2)6(7)9;;;;/h6*3-5H2,1-2H3;;3*1H/q;;;;;;+3;;;/p-3. The number of amidine groups is 6. The van der Waals surface area contributed by atoms with Gasteiger partial charge in [0, 0.05) is 38.5 Å². The van der Waals surface area contributed by atoms with Gasteiger partial charge in [-0.2, -0.15) is 0 Å². The van der Waals surface area contributed by atoms with Crippen LogP contribution >= 0.6 is 0 Å². The van der Waals surface area contributed by atoms with Crippen LogP contribution in [-0.2, 0) is 0 Å². The summed E-state index contributed by atoms with van der Waals surface area (Å²) in [6, 6.07) is 0.840. The van der Waals surface area contributed by atoms with Crippen LogP contribution in [0.2, 0.25) is 0 Å². The Bertz CT molecular complexity index is 1140. The minimum absolute atomic E-state index is 0. The molecule has 1 radical (unpaired) electrons. The van der Waals surface area contributed by atoms with Gasteiger partial charge in [-0.1, -0.05) is 0 Å². The second kappa shape index (κ2) is 33.7. The summed E-state index contributed by atoms with van der Waals surface area (Å²) in [5.74, 6) is 0. The quantitative estimate of drug-likeness (QED) is 0.166. The molecule has 18 nitrogen and oxygen atoms in total. The second-order valence-electron chi connectivity index (χ2n) is 14.9. The summed E-state index contributed by atoms with van der Waals surface area (Å²) in [6.45, 7) is 10.9. The first-order valence-electron chi connectivity index (χ1n) is 19.1. The fourth-order valence-electron chi connectivity index (χ4n) is 6.17. The average Bonchev–Trinajstić information content (AvgIpc) is 3.13. The van der Waals surface area contributed by atoms with Gasteiger partial charge in [-0.15, -0.1) is 0 Å². The third kappa shape index (κ3) is 23.4. The fraction of sp³-hybridized carbons (Fsp3) is 0.833. The minimum Gasteiger partial charge on any atom is -1.00 e. The Morgan fingerprint density at radius 1 is 0.293 bits per heavy atom. The Hall–Kier alpha value is -0.865. The van der Waals surface area contributed by atoms with Crippen LogP contribution in [0.1, 0.15) is 38.5 Å². The van der Waals surface area contributed by atoms with Crippen LogP contribution in [0.15, 0.2) is 0 Å². The van der Waals surface area contributed by atoms with Crippen molar-refractivity contribution in [1.29, 1.82) is 0 Å². The first-order valence-corrected chi connectivity index (χ1v) is 19.1. The van der Waals surface area contributed by atoms with Crippen molar-refractivity contribution in [2.45, 2.75) is 38.5 Å². The van der Waals surface area contributed by atoms with Crippen LogP contribution in [-0.4, -0.2) is 256 Å². The van der Waals surface area contributed by atoms with Crippen molar-refractivity contribution in [1.82, 2.24) is 29.4 Å². The average molecular weight is 1310 g/mol. The molecule has 0 aromatic carbocycles. The van der Waals surface area contributed by atoms with Gasteiger partial charge in [0.1, 0.15) is 0 Å². The first kappa shape index (κ1) is 63.8. The largest absolute Gasteiger partial charge is 3.00 e. The Kier molecular flexibility index (Phi) is 37.1. The van der Waals surface area contributed by atoms with Gasteiger partial charge in [0.25, 0.3) is 0 Å². The van der Waals surface area contributed by atoms with Crippen molar-refractivity contribution >= 4 is 36.1 Å². The second-order valence-corrected chi connectivity index (χ2v) is 14.9. The summed E-state index contributed by atoms with van der Waals surface area (Å²) in [5, 5.41) is 65.9. The summed E-state index contributed by atoms with van der Waals surface area (Å²) in [4.78, 5) is 10.4. The van der Waals surface area contributed by atoms with E-state index in [-0.39, 0.29) is 148 Å². The van der Waals surface area contributed by atoms with E-state index in [0.717, 1.165) is 117 Å². The molecule has 22 heteroatoms. The third-order valence-electron chi connectivity index (χ3n) is 9.84. The van der Waals surface area contributed by atoms with Crippen LogP contribution in [0.25, 0.3) is 0 Å². The van der Waals surface area contributed by atoms with E-state index in [9.17, 15) is 30.6 Å². The van der Waals surface area contributed by atoms with Crippen molar-refractivity contribution in [3.63, 3.8) is 0 Å². The van der Waals surface area contributed by atoms with Gasteiger partial charge in [0.2, 0.25) is 36.1 Å². The molecule has 6 aliphatic rings. The van der Waals surface area contributed by atoms with E-state index in [0.29, 0.717) is 0 Å². The van der Waals surface area contributed by atoms with Gasteiger partial charge >= 0.3 is 39.9 Å². The molecule has 0 aromatic rings. The van der Waals surface area contributed by atoms with E-state index in [1.165, 1.54) is 0 Å². The Balaban J connectivity index is -0.000000298. The number of nitrogens with zero attached hydrogens (tertiary/aromatic N) is 12. The maximum atomic E-state index is 11.0. The van der Waals surface area contributed by atoms with Crippen molar-refractivity contribution < 1.29 is 170 Å². The number of hydrogen-bond acceptors (Lipinski definition) is 12. The predicted molar refractivity (Wildman–Crippen MR) is 200 cm³/mol. The molecule has 0 bridgehead atoms. The molecule has 0 fully saturated rings. The Morgan fingerprint density at radius 3 is 0.466 bits per heavy atom. The Morgan fingerprint density at radius 2 is 0.397 bits per heavy atom. The molecular weight excluding hydrogens is 1230 g/mol. The smallest absolute Gasteiger partial charge is 1.00 e. The van der Waals surface area contributed by atoms with Gasteiger partial charge in [-0.25, -0.2) is 0 Å². The van der Waals surface area contributed by atoms with Gasteiger partial charge < -0.3 is 103 Å². The number of halogens is 3. The minimum atomic E-state index is 0. The molecule has 6 heterocycles. The van der Waals surface area contributed by atoms with Crippen molar-refractivity contribution in [2.75, 3.05) is 163 Å². The zero-order valence-electron chi connectivity index (χ0n) is 37.0. The zero-order chi connectivity index (χ0) is 41.1. The fourth-order valence-corrected chi connectivity index (χ4v) is 6.17. The van der Waals surface area contributed by atoms with Crippen LogP contribution in [0.3, 0.4) is 0 Å². The van der Waals surface area contributed by atoms with Crippen molar-refractivity contribution in [3.8, 4) is 0 Å². The monoisotopic (exact) mass is 1310 g/mol. The van der Waals surface area contributed by atoms with Gasteiger partial charge in [0.15, 0.2) is 0 Å². The maximum absolute atomic E-state index is 11.0. The van der Waals surface area contributed by atoms with E-state index in [4.69, 9.17) is 0 Å². The first-order chi connectivity index (χ1) is 25.3. The molecule has 0 atom stereocenters. The van der Waals surface area contributed by atoms with E-state index < -0.39 is 0 Å². The molecule has 341 valence electrons. The van der Waals surface area contributed by atoms with E-state index in [2.05, 4.69) is 0 Å². The van der Waals surface area contributed by atoms with Crippen LogP contribution in [0, 0.1) is 39.9 Å².